The van der Waals surface area contributed by atoms with Crippen molar-refractivity contribution in [1.82, 2.24) is 10.2 Å². The molecule has 1 aromatic carbocycles. The summed E-state index contributed by atoms with van der Waals surface area (Å²) in [6, 6.07) is 3.25. The van der Waals surface area contributed by atoms with Gasteiger partial charge in [-0.3, -0.25) is 29.4 Å². The van der Waals surface area contributed by atoms with Crippen molar-refractivity contribution in [2.24, 2.45) is 0 Å². The van der Waals surface area contributed by atoms with Crippen LogP contribution in [0.3, 0.4) is 0 Å². The molecule has 1 saturated heterocycles. The number of fused-ring (bicyclic) bond motifs is 1. The predicted molar refractivity (Wildman–Crippen MR) is 86.3 cm³/mol. The molecule has 0 radical (unpaired) electrons. The molecule has 1 aromatic rings. The summed E-state index contributed by atoms with van der Waals surface area (Å²) in [7, 11) is -3.28. The zero-order chi connectivity index (χ0) is 18.4. The van der Waals surface area contributed by atoms with Crippen molar-refractivity contribution in [1.29, 1.82) is 0 Å². The summed E-state index contributed by atoms with van der Waals surface area (Å²) in [6.45, 7) is 1.53. The topological polar surface area (TPSA) is 118 Å². The highest BCUT2D eigenvalue weighted by molar-refractivity contribution is 7.90. The molecule has 1 atom stereocenters. The van der Waals surface area contributed by atoms with Crippen LogP contribution >= 0.6 is 0 Å². The van der Waals surface area contributed by atoms with E-state index in [1.54, 1.807) is 0 Å². The number of benzene rings is 1. The van der Waals surface area contributed by atoms with Gasteiger partial charge in [0.2, 0.25) is 11.8 Å². The molecule has 1 unspecified atom stereocenters. The van der Waals surface area contributed by atoms with E-state index in [1.807, 2.05) is 0 Å². The Hall–Kier alpha value is -2.55. The van der Waals surface area contributed by atoms with Gasteiger partial charge in [-0.2, -0.15) is 0 Å². The molecule has 0 bridgehead atoms. The summed E-state index contributed by atoms with van der Waals surface area (Å²) >= 11 is 0. The molecule has 25 heavy (non-hydrogen) atoms. The Morgan fingerprint density at radius 2 is 1.80 bits per heavy atom. The molecule has 0 spiro atoms. The van der Waals surface area contributed by atoms with E-state index >= 15 is 0 Å². The Morgan fingerprint density at radius 1 is 1.12 bits per heavy atom. The van der Waals surface area contributed by atoms with Gasteiger partial charge in [0.1, 0.15) is 6.04 Å². The Labute approximate surface area is 144 Å². The third-order valence-corrected chi connectivity index (χ3v) is 5.98. The number of rotatable bonds is 4. The lowest BCUT2D eigenvalue weighted by atomic mass is 10.0. The fourth-order valence-electron chi connectivity index (χ4n) is 2.96. The molecule has 8 nitrogen and oxygen atoms in total. The lowest BCUT2D eigenvalue weighted by Crippen LogP contribution is -2.54. The first-order chi connectivity index (χ1) is 11.7. The van der Waals surface area contributed by atoms with E-state index in [0.717, 1.165) is 4.90 Å². The van der Waals surface area contributed by atoms with Crippen LogP contribution in [0.2, 0.25) is 0 Å². The molecule has 2 aliphatic rings. The molecule has 132 valence electrons. The van der Waals surface area contributed by atoms with Crippen LogP contribution in [-0.4, -0.2) is 48.7 Å². The predicted octanol–water partition coefficient (Wildman–Crippen LogP) is 0.0225. The van der Waals surface area contributed by atoms with Crippen LogP contribution in [0.4, 0.5) is 0 Å². The largest absolute Gasteiger partial charge is 0.295 e. The monoisotopic (exact) mass is 364 g/mol. The molecule has 2 aliphatic heterocycles. The second-order valence-electron chi connectivity index (χ2n) is 6.00. The van der Waals surface area contributed by atoms with Gasteiger partial charge in [-0.25, -0.2) is 8.42 Å². The number of sulfone groups is 1. The third kappa shape index (κ3) is 3.07. The Morgan fingerprint density at radius 3 is 2.44 bits per heavy atom. The van der Waals surface area contributed by atoms with Crippen molar-refractivity contribution in [2.75, 3.05) is 5.75 Å². The van der Waals surface area contributed by atoms with Gasteiger partial charge >= 0.3 is 0 Å². The van der Waals surface area contributed by atoms with Gasteiger partial charge in [-0.1, -0.05) is 13.0 Å². The number of nitrogens with one attached hydrogen (secondary N) is 1. The van der Waals surface area contributed by atoms with Crippen LogP contribution < -0.4 is 5.32 Å². The normalized spacial score (nSPS) is 20.7. The molecule has 0 aliphatic carbocycles. The first-order valence-electron chi connectivity index (χ1n) is 7.78. The van der Waals surface area contributed by atoms with E-state index in [4.69, 9.17) is 0 Å². The molecule has 1 N–H and O–H groups in total. The highest BCUT2D eigenvalue weighted by Crippen LogP contribution is 2.28. The van der Waals surface area contributed by atoms with Crippen LogP contribution in [0.15, 0.2) is 18.2 Å². The smallest absolute Gasteiger partial charge is 0.262 e. The van der Waals surface area contributed by atoms with E-state index in [1.165, 1.54) is 25.1 Å². The Bertz CT molecular complexity index is 905. The maximum atomic E-state index is 12.6. The first-order valence-corrected chi connectivity index (χ1v) is 9.60. The minimum absolute atomic E-state index is 0.0284. The third-order valence-electron chi connectivity index (χ3n) is 4.33. The maximum absolute atomic E-state index is 12.6. The van der Waals surface area contributed by atoms with Gasteiger partial charge < -0.3 is 0 Å². The molecular formula is C16H16N2O6S. The van der Waals surface area contributed by atoms with Crippen molar-refractivity contribution in [3.05, 3.63) is 34.9 Å². The van der Waals surface area contributed by atoms with Gasteiger partial charge in [0.05, 0.1) is 16.9 Å². The number of carbonyl (C=O) groups is 4. The van der Waals surface area contributed by atoms with Crippen molar-refractivity contribution in [3.8, 4) is 0 Å². The Balaban J connectivity index is 1.92. The number of piperidine rings is 1. The van der Waals surface area contributed by atoms with Crippen LogP contribution in [0.1, 0.15) is 46.0 Å². The second kappa shape index (κ2) is 6.07. The zero-order valence-electron chi connectivity index (χ0n) is 13.4. The minimum atomic E-state index is -3.28. The molecule has 1 fully saturated rings. The quantitative estimate of drug-likeness (QED) is 0.753. The van der Waals surface area contributed by atoms with E-state index < -0.39 is 39.5 Å². The number of hydrogen-bond acceptors (Lipinski definition) is 6. The molecule has 3 rings (SSSR count). The van der Waals surface area contributed by atoms with E-state index in [2.05, 4.69) is 5.32 Å². The molecular weight excluding hydrogens is 348 g/mol. The van der Waals surface area contributed by atoms with Gasteiger partial charge in [0, 0.05) is 12.2 Å². The zero-order valence-corrected chi connectivity index (χ0v) is 14.3. The molecule has 9 heteroatoms. The Kier molecular flexibility index (Phi) is 4.19. The molecule has 4 amide bonds. The lowest BCUT2D eigenvalue weighted by Gasteiger charge is -2.27. The van der Waals surface area contributed by atoms with Gasteiger partial charge in [-0.05, 0) is 24.1 Å². The van der Waals surface area contributed by atoms with Crippen molar-refractivity contribution < 1.29 is 27.6 Å². The first kappa shape index (κ1) is 17.3. The van der Waals surface area contributed by atoms with Crippen LogP contribution in [0.25, 0.3) is 0 Å². The highest BCUT2D eigenvalue weighted by Gasteiger charge is 2.44. The number of nitrogens with zero attached hydrogens (tertiary/aromatic N) is 1. The van der Waals surface area contributed by atoms with Crippen molar-refractivity contribution >= 4 is 33.5 Å². The van der Waals surface area contributed by atoms with Crippen LogP contribution in [0.5, 0.6) is 0 Å². The number of carbonyl (C=O) groups excluding carboxylic acids is 4. The molecule has 0 saturated carbocycles. The van der Waals surface area contributed by atoms with E-state index in [9.17, 15) is 27.6 Å². The summed E-state index contributed by atoms with van der Waals surface area (Å²) in [6.07, 6.45) is 0.122. The average molecular weight is 364 g/mol. The van der Waals surface area contributed by atoms with Gasteiger partial charge in [-0.15, -0.1) is 0 Å². The summed E-state index contributed by atoms with van der Waals surface area (Å²) < 4.78 is 23.5. The molecule has 0 aromatic heterocycles. The summed E-state index contributed by atoms with van der Waals surface area (Å²) in [5.41, 5.74) is 0.623. The number of imide groups is 2. The SMILES string of the molecule is CCS(=O)(=O)Cc1ccc2c(c1)C(=O)N(C1CCC(=O)NC1=O)C2=O. The van der Waals surface area contributed by atoms with E-state index in [-0.39, 0.29) is 35.5 Å². The summed E-state index contributed by atoms with van der Waals surface area (Å²) in [5, 5.41) is 2.12. The second-order valence-corrected chi connectivity index (χ2v) is 8.36. The van der Waals surface area contributed by atoms with Gasteiger partial charge in [0.25, 0.3) is 11.8 Å². The maximum Gasteiger partial charge on any atom is 0.262 e. The summed E-state index contributed by atoms with van der Waals surface area (Å²) in [4.78, 5) is 49.2. The summed E-state index contributed by atoms with van der Waals surface area (Å²) in [5.74, 6) is -2.63. The fourth-order valence-corrected chi connectivity index (χ4v) is 3.86. The fraction of sp³-hybridized carbons (Fsp3) is 0.375. The van der Waals surface area contributed by atoms with Crippen LogP contribution in [0, 0.1) is 0 Å². The molecule has 2 heterocycles. The van der Waals surface area contributed by atoms with Crippen molar-refractivity contribution in [2.45, 2.75) is 31.6 Å². The van der Waals surface area contributed by atoms with Crippen molar-refractivity contribution in [3.63, 3.8) is 0 Å². The van der Waals surface area contributed by atoms with Crippen LogP contribution in [-0.2, 0) is 25.2 Å². The minimum Gasteiger partial charge on any atom is -0.295 e. The average Bonchev–Trinajstić information content (AvgIpc) is 2.79. The lowest BCUT2D eigenvalue weighted by molar-refractivity contribution is -0.136. The highest BCUT2D eigenvalue weighted by atomic mass is 32.2. The van der Waals surface area contributed by atoms with E-state index in [0.29, 0.717) is 5.56 Å². The number of amides is 4. The van der Waals surface area contributed by atoms with Gasteiger partial charge in [0.15, 0.2) is 9.84 Å². The standard InChI is InChI=1S/C16H16N2O6S/c1-2-25(23,24)8-9-3-4-10-11(7-9)16(22)18(15(10)21)12-5-6-13(19)17-14(12)20/h3-4,7,12H,2,5-6,8H2,1H3,(H,17,19,20). The number of hydrogen-bond donors (Lipinski definition) is 1.